The minimum atomic E-state index is -2.58. The Labute approximate surface area is 191 Å². The lowest BCUT2D eigenvalue weighted by molar-refractivity contribution is 0.151. The van der Waals surface area contributed by atoms with Gasteiger partial charge in [0.25, 0.3) is 6.43 Å². The molecule has 0 aliphatic rings. The molecule has 2 heterocycles. The number of anilines is 1. The van der Waals surface area contributed by atoms with E-state index in [0.29, 0.717) is 38.8 Å². The number of pyridine rings is 1. The van der Waals surface area contributed by atoms with Gasteiger partial charge in [-0.15, -0.1) is 0 Å². The van der Waals surface area contributed by atoms with Crippen LogP contribution in [0.4, 0.5) is 18.9 Å². The van der Waals surface area contributed by atoms with Crippen LogP contribution in [0.25, 0.3) is 33.6 Å². The largest absolute Gasteiger partial charge is 0.429 e. The zero-order valence-electron chi connectivity index (χ0n) is 17.0. The van der Waals surface area contributed by atoms with Crippen molar-refractivity contribution >= 4 is 28.4 Å². The number of nitrogens with two attached hydrogens (primary N) is 1. The van der Waals surface area contributed by atoms with Crippen LogP contribution in [0, 0.1) is 5.82 Å². The van der Waals surface area contributed by atoms with Crippen LogP contribution >= 0.6 is 11.8 Å². The number of hydrogen-bond donors (Lipinski definition) is 1. The molecule has 0 amide bonds. The van der Waals surface area contributed by atoms with Gasteiger partial charge in [0, 0.05) is 38.9 Å². The highest BCUT2D eigenvalue weighted by atomic mass is 32.2. The Morgan fingerprint density at radius 3 is 2.33 bits per heavy atom. The van der Waals surface area contributed by atoms with Gasteiger partial charge < -0.3 is 10.2 Å². The fourth-order valence-corrected chi connectivity index (χ4v) is 4.19. The number of benzene rings is 3. The summed E-state index contributed by atoms with van der Waals surface area (Å²) in [6.07, 6.45) is -1.41. The van der Waals surface area contributed by atoms with Gasteiger partial charge in [0.05, 0.1) is 5.52 Å². The topological polar surface area (TPSA) is 64.9 Å². The lowest BCUT2D eigenvalue weighted by Gasteiger charge is -2.05. The predicted octanol–water partition coefficient (Wildman–Crippen LogP) is 7.37. The third kappa shape index (κ3) is 4.42. The van der Waals surface area contributed by atoms with Crippen LogP contribution in [0.2, 0.25) is 0 Å². The number of nitrogens with zero attached hydrogens (tertiary/aromatic N) is 2. The van der Waals surface area contributed by atoms with Gasteiger partial charge >= 0.3 is 0 Å². The van der Waals surface area contributed by atoms with Crippen LogP contribution in [0.5, 0.6) is 0 Å². The molecule has 0 radical (unpaired) electrons. The van der Waals surface area contributed by atoms with Gasteiger partial charge in [-0.05, 0) is 72.4 Å². The third-order valence-corrected chi connectivity index (χ3v) is 5.98. The number of alkyl halides is 2. The van der Waals surface area contributed by atoms with E-state index in [1.807, 2.05) is 12.1 Å². The molecular weight excluding hydrogens is 447 g/mol. The Bertz CT molecular complexity index is 1430. The van der Waals surface area contributed by atoms with E-state index in [1.165, 1.54) is 36.2 Å². The Hall–Kier alpha value is -3.78. The summed E-state index contributed by atoms with van der Waals surface area (Å²) in [7, 11) is 0. The van der Waals surface area contributed by atoms with Crippen LogP contribution in [0.3, 0.4) is 0 Å². The Kier molecular flexibility index (Phi) is 5.51. The number of hydrogen-bond acceptors (Lipinski definition) is 5. The molecule has 0 saturated carbocycles. The van der Waals surface area contributed by atoms with Crippen molar-refractivity contribution in [1.29, 1.82) is 0 Å². The Balaban J connectivity index is 1.60. The first kappa shape index (κ1) is 21.1. The second-order valence-corrected chi connectivity index (χ2v) is 8.36. The Morgan fingerprint density at radius 2 is 1.61 bits per heavy atom. The summed E-state index contributed by atoms with van der Waals surface area (Å²) in [6, 6.07) is 19.9. The zero-order valence-corrected chi connectivity index (χ0v) is 17.8. The molecule has 0 aliphatic heterocycles. The number of fused-ring (bicyclic) bond motifs is 1. The van der Waals surface area contributed by atoms with Crippen molar-refractivity contribution in [3.8, 4) is 22.7 Å². The van der Waals surface area contributed by atoms with Crippen LogP contribution in [-0.2, 0) is 0 Å². The molecule has 0 unspecified atom stereocenters. The standard InChI is InChI=1S/C25H16F3N3OS/c26-18-5-3-14(4-6-18)24-31-22(25(32-24)33-20-9-7-19(29)8-10-20)16-2-1-15-11-17(23(27)28)13-30-21(15)12-16/h1-13,23H,29H2. The summed E-state index contributed by atoms with van der Waals surface area (Å²) in [6.45, 7) is 0. The predicted molar refractivity (Wildman–Crippen MR) is 123 cm³/mol. The molecule has 5 aromatic rings. The van der Waals surface area contributed by atoms with Gasteiger partial charge in [0.1, 0.15) is 11.5 Å². The SMILES string of the molecule is Nc1ccc(Sc2oc(-c3ccc(F)cc3)nc2-c2ccc3cc(C(F)F)cnc3c2)cc1. The smallest absolute Gasteiger partial charge is 0.265 e. The maximum absolute atomic E-state index is 13.4. The number of aromatic nitrogens is 2. The van der Waals surface area contributed by atoms with Crippen molar-refractivity contribution in [2.45, 2.75) is 16.4 Å². The molecule has 0 fully saturated rings. The van der Waals surface area contributed by atoms with Crippen molar-refractivity contribution in [1.82, 2.24) is 9.97 Å². The van der Waals surface area contributed by atoms with Crippen molar-refractivity contribution in [2.75, 3.05) is 5.73 Å². The molecule has 2 aromatic heterocycles. The van der Waals surface area contributed by atoms with Gasteiger partial charge in [-0.25, -0.2) is 18.2 Å². The maximum atomic E-state index is 13.4. The molecule has 4 nitrogen and oxygen atoms in total. The molecule has 0 atom stereocenters. The summed E-state index contributed by atoms with van der Waals surface area (Å²) in [5, 5.41) is 1.13. The van der Waals surface area contributed by atoms with E-state index >= 15 is 0 Å². The zero-order chi connectivity index (χ0) is 22.9. The molecule has 8 heteroatoms. The second-order valence-electron chi connectivity index (χ2n) is 7.31. The van der Waals surface area contributed by atoms with E-state index in [9.17, 15) is 13.2 Å². The quantitative estimate of drug-likeness (QED) is 0.276. The molecule has 0 saturated heterocycles. The molecule has 0 spiro atoms. The first-order valence-corrected chi connectivity index (χ1v) is 10.8. The average molecular weight is 463 g/mol. The van der Waals surface area contributed by atoms with E-state index in [1.54, 1.807) is 42.5 Å². The number of nitrogen functional groups attached to an aromatic ring is 1. The van der Waals surface area contributed by atoms with Crippen molar-refractivity contribution < 1.29 is 17.6 Å². The van der Waals surface area contributed by atoms with Crippen LogP contribution in [0.15, 0.2) is 93.4 Å². The van der Waals surface area contributed by atoms with E-state index in [4.69, 9.17) is 10.2 Å². The number of rotatable bonds is 5. The van der Waals surface area contributed by atoms with Crippen LogP contribution < -0.4 is 5.73 Å². The summed E-state index contributed by atoms with van der Waals surface area (Å²) >= 11 is 1.37. The molecule has 2 N–H and O–H groups in total. The molecule has 5 rings (SSSR count). The summed E-state index contributed by atoms with van der Waals surface area (Å²) in [4.78, 5) is 9.75. The first-order valence-electron chi connectivity index (χ1n) is 9.95. The molecule has 33 heavy (non-hydrogen) atoms. The maximum Gasteiger partial charge on any atom is 0.265 e. The monoisotopic (exact) mass is 463 g/mol. The molecule has 164 valence electrons. The summed E-state index contributed by atoms with van der Waals surface area (Å²) in [5.41, 5.74) is 8.78. The highest BCUT2D eigenvalue weighted by molar-refractivity contribution is 7.99. The van der Waals surface area contributed by atoms with Gasteiger partial charge in [-0.2, -0.15) is 0 Å². The molecular formula is C25H16F3N3OS. The van der Waals surface area contributed by atoms with E-state index in [0.717, 1.165) is 10.5 Å². The number of oxazole rings is 1. The van der Waals surface area contributed by atoms with Crippen LogP contribution in [-0.4, -0.2) is 9.97 Å². The van der Waals surface area contributed by atoms with E-state index < -0.39 is 6.43 Å². The highest BCUT2D eigenvalue weighted by Crippen LogP contribution is 2.40. The fraction of sp³-hybridized carbons (Fsp3) is 0.0400. The third-order valence-electron chi connectivity index (χ3n) is 5.01. The fourth-order valence-electron chi connectivity index (χ4n) is 3.32. The summed E-state index contributed by atoms with van der Waals surface area (Å²) in [5.74, 6) is -0.0187. The molecule has 0 aliphatic carbocycles. The molecule has 3 aromatic carbocycles. The van der Waals surface area contributed by atoms with E-state index in [-0.39, 0.29) is 11.4 Å². The van der Waals surface area contributed by atoms with Crippen molar-refractivity contribution in [3.63, 3.8) is 0 Å². The minimum absolute atomic E-state index is 0.130. The summed E-state index contributed by atoms with van der Waals surface area (Å²) < 4.78 is 45.5. The molecule has 0 bridgehead atoms. The Morgan fingerprint density at radius 1 is 0.879 bits per heavy atom. The second kappa shape index (κ2) is 8.63. The number of halogens is 3. The minimum Gasteiger partial charge on any atom is -0.429 e. The lowest BCUT2D eigenvalue weighted by atomic mass is 10.1. The lowest BCUT2D eigenvalue weighted by Crippen LogP contribution is -1.89. The average Bonchev–Trinajstić information content (AvgIpc) is 3.24. The van der Waals surface area contributed by atoms with Crippen LogP contribution in [0.1, 0.15) is 12.0 Å². The van der Waals surface area contributed by atoms with Crippen molar-refractivity contribution in [3.05, 3.63) is 90.4 Å². The van der Waals surface area contributed by atoms with Gasteiger partial charge in [0.15, 0.2) is 5.09 Å². The van der Waals surface area contributed by atoms with E-state index in [2.05, 4.69) is 9.97 Å². The first-order chi connectivity index (χ1) is 16.0. The van der Waals surface area contributed by atoms with Gasteiger partial charge in [-0.3, -0.25) is 4.98 Å². The van der Waals surface area contributed by atoms with Gasteiger partial charge in [-0.1, -0.05) is 12.1 Å². The normalized spacial score (nSPS) is 11.4. The van der Waals surface area contributed by atoms with Crippen molar-refractivity contribution in [2.24, 2.45) is 0 Å². The van der Waals surface area contributed by atoms with Gasteiger partial charge in [0.2, 0.25) is 5.89 Å². The highest BCUT2D eigenvalue weighted by Gasteiger charge is 2.19.